The van der Waals surface area contributed by atoms with E-state index in [2.05, 4.69) is 53.1 Å². The molecule has 0 saturated heterocycles. The maximum absolute atomic E-state index is 6.04. The summed E-state index contributed by atoms with van der Waals surface area (Å²) in [6.07, 6.45) is 9.37. The second-order valence-electron chi connectivity index (χ2n) is 5.57. The van der Waals surface area contributed by atoms with Crippen LogP contribution in [0.2, 0.25) is 0 Å². The molecule has 1 heterocycles. The number of pyridine rings is 1. The van der Waals surface area contributed by atoms with E-state index in [1.54, 1.807) is 0 Å². The second-order valence-corrected chi connectivity index (χ2v) is 6.49. The number of unbranched alkanes of at least 4 members (excludes halogenated alkanes) is 3. The highest BCUT2D eigenvalue weighted by atomic mass is 79.9. The van der Waals surface area contributed by atoms with Gasteiger partial charge in [0.15, 0.2) is 0 Å². The van der Waals surface area contributed by atoms with Crippen LogP contribution in [0.1, 0.15) is 64.9 Å². The van der Waals surface area contributed by atoms with Crippen LogP contribution >= 0.6 is 15.9 Å². The third kappa shape index (κ3) is 7.82. The molecule has 0 saturated carbocycles. The van der Waals surface area contributed by atoms with Gasteiger partial charge < -0.3 is 10.1 Å². The van der Waals surface area contributed by atoms with E-state index in [1.807, 2.05) is 6.20 Å². The van der Waals surface area contributed by atoms with Crippen LogP contribution in [-0.4, -0.2) is 17.6 Å². The van der Waals surface area contributed by atoms with Gasteiger partial charge >= 0.3 is 0 Å². The summed E-state index contributed by atoms with van der Waals surface area (Å²) in [6.45, 7) is 8.36. The summed E-state index contributed by atoms with van der Waals surface area (Å²) >= 11 is 3.48. The highest BCUT2D eigenvalue weighted by Crippen LogP contribution is 2.22. The van der Waals surface area contributed by atoms with Crippen LogP contribution in [0.25, 0.3) is 0 Å². The number of ether oxygens (including phenoxy) is 1. The fourth-order valence-electron chi connectivity index (χ4n) is 2.21. The fourth-order valence-corrected chi connectivity index (χ4v) is 2.59. The Labute approximate surface area is 138 Å². The van der Waals surface area contributed by atoms with Crippen LogP contribution in [-0.2, 0) is 6.54 Å². The Hall–Kier alpha value is -0.610. The summed E-state index contributed by atoms with van der Waals surface area (Å²) < 4.78 is 7.04. The summed E-state index contributed by atoms with van der Waals surface area (Å²) in [6, 6.07) is 2.09. The van der Waals surface area contributed by atoms with Gasteiger partial charge in [0.05, 0.1) is 6.10 Å². The van der Waals surface area contributed by atoms with E-state index in [-0.39, 0.29) is 6.10 Å². The van der Waals surface area contributed by atoms with E-state index in [0.717, 1.165) is 41.8 Å². The molecule has 1 unspecified atom stereocenters. The molecule has 3 nitrogen and oxygen atoms in total. The molecule has 0 spiro atoms. The van der Waals surface area contributed by atoms with E-state index in [4.69, 9.17) is 4.74 Å². The topological polar surface area (TPSA) is 34.1 Å². The number of aromatic nitrogens is 1. The average molecular weight is 357 g/mol. The van der Waals surface area contributed by atoms with Crippen molar-refractivity contribution in [2.45, 2.75) is 71.9 Å². The van der Waals surface area contributed by atoms with Crippen molar-refractivity contribution < 1.29 is 4.74 Å². The molecular weight excluding hydrogens is 328 g/mol. The Morgan fingerprint density at radius 2 is 2.05 bits per heavy atom. The van der Waals surface area contributed by atoms with Gasteiger partial charge in [0.2, 0.25) is 5.88 Å². The molecule has 120 valence electrons. The highest BCUT2D eigenvalue weighted by molar-refractivity contribution is 9.10. The van der Waals surface area contributed by atoms with Crippen LogP contribution in [0, 0.1) is 0 Å². The predicted molar refractivity (Wildman–Crippen MR) is 92.8 cm³/mol. The lowest BCUT2D eigenvalue weighted by molar-refractivity contribution is 0.195. The van der Waals surface area contributed by atoms with Gasteiger partial charge in [0.1, 0.15) is 0 Å². The van der Waals surface area contributed by atoms with Gasteiger partial charge in [-0.25, -0.2) is 4.98 Å². The molecule has 0 fully saturated rings. The third-order valence-electron chi connectivity index (χ3n) is 3.41. The van der Waals surface area contributed by atoms with E-state index >= 15 is 0 Å². The van der Waals surface area contributed by atoms with Crippen LogP contribution in [0.15, 0.2) is 16.7 Å². The van der Waals surface area contributed by atoms with Gasteiger partial charge in [-0.15, -0.1) is 0 Å². The molecule has 0 aliphatic rings. The summed E-state index contributed by atoms with van der Waals surface area (Å²) in [7, 11) is 0. The molecule has 0 amide bonds. The zero-order valence-corrected chi connectivity index (χ0v) is 15.2. The van der Waals surface area contributed by atoms with Crippen molar-refractivity contribution >= 4 is 15.9 Å². The van der Waals surface area contributed by atoms with Crippen LogP contribution in [0.5, 0.6) is 5.88 Å². The zero-order chi connectivity index (χ0) is 15.5. The first-order valence-corrected chi connectivity index (χ1v) is 8.98. The summed E-state index contributed by atoms with van der Waals surface area (Å²) in [5.74, 6) is 0.768. The van der Waals surface area contributed by atoms with Crippen molar-refractivity contribution in [3.05, 3.63) is 22.3 Å². The number of halogens is 1. The normalized spacial score (nSPS) is 12.4. The molecule has 4 heteroatoms. The molecule has 1 rings (SSSR count). The first kappa shape index (κ1) is 18.4. The molecule has 1 N–H and O–H groups in total. The standard InChI is InChI=1S/C17H29BrN2O/c1-4-6-7-8-9-14(3)21-17-15(12-19-10-5-2)11-16(18)13-20-17/h11,13-14,19H,4-10,12H2,1-3H3. The van der Waals surface area contributed by atoms with Crippen molar-refractivity contribution in [2.75, 3.05) is 6.54 Å². The number of hydrogen-bond acceptors (Lipinski definition) is 3. The Morgan fingerprint density at radius 3 is 2.76 bits per heavy atom. The van der Waals surface area contributed by atoms with Gasteiger partial charge in [-0.2, -0.15) is 0 Å². The molecule has 0 aliphatic carbocycles. The Bertz CT molecular complexity index is 398. The number of nitrogens with one attached hydrogen (secondary N) is 1. The predicted octanol–water partition coefficient (Wildman–Crippen LogP) is 5.08. The van der Waals surface area contributed by atoms with Gasteiger partial charge in [0, 0.05) is 22.8 Å². The zero-order valence-electron chi connectivity index (χ0n) is 13.6. The molecule has 1 atom stereocenters. The van der Waals surface area contributed by atoms with Crippen LogP contribution in [0.3, 0.4) is 0 Å². The molecule has 0 aromatic carbocycles. The van der Waals surface area contributed by atoms with Crippen molar-refractivity contribution in [2.24, 2.45) is 0 Å². The van der Waals surface area contributed by atoms with Crippen LogP contribution < -0.4 is 10.1 Å². The van der Waals surface area contributed by atoms with E-state index in [0.29, 0.717) is 0 Å². The second kappa shape index (κ2) is 11.0. The van der Waals surface area contributed by atoms with Gasteiger partial charge in [-0.3, -0.25) is 0 Å². The smallest absolute Gasteiger partial charge is 0.218 e. The molecule has 1 aromatic heterocycles. The summed E-state index contributed by atoms with van der Waals surface area (Å²) in [4.78, 5) is 4.43. The van der Waals surface area contributed by atoms with Crippen molar-refractivity contribution in [3.8, 4) is 5.88 Å². The molecule has 0 aliphatic heterocycles. The Morgan fingerprint density at radius 1 is 1.24 bits per heavy atom. The maximum Gasteiger partial charge on any atom is 0.218 e. The first-order valence-electron chi connectivity index (χ1n) is 8.19. The maximum atomic E-state index is 6.04. The average Bonchev–Trinajstić information content (AvgIpc) is 2.47. The minimum atomic E-state index is 0.223. The molecule has 1 aromatic rings. The Kier molecular flexibility index (Phi) is 9.68. The summed E-state index contributed by atoms with van der Waals surface area (Å²) in [5, 5.41) is 3.41. The lowest BCUT2D eigenvalue weighted by Gasteiger charge is -2.17. The van der Waals surface area contributed by atoms with Crippen molar-refractivity contribution in [1.29, 1.82) is 0 Å². The quantitative estimate of drug-likeness (QED) is 0.561. The molecule has 0 radical (unpaired) electrons. The third-order valence-corrected chi connectivity index (χ3v) is 3.84. The minimum Gasteiger partial charge on any atom is -0.474 e. The number of rotatable bonds is 11. The SMILES string of the molecule is CCCCCCC(C)Oc1ncc(Br)cc1CNCCC. The molecule has 0 bridgehead atoms. The van der Waals surface area contributed by atoms with E-state index in [1.165, 1.54) is 25.7 Å². The van der Waals surface area contributed by atoms with Gasteiger partial charge in [-0.05, 0) is 54.7 Å². The number of hydrogen-bond donors (Lipinski definition) is 1. The van der Waals surface area contributed by atoms with Gasteiger partial charge in [-0.1, -0.05) is 33.1 Å². The Balaban J connectivity index is 2.51. The van der Waals surface area contributed by atoms with E-state index in [9.17, 15) is 0 Å². The lowest BCUT2D eigenvalue weighted by atomic mass is 10.1. The van der Waals surface area contributed by atoms with Crippen LogP contribution in [0.4, 0.5) is 0 Å². The minimum absolute atomic E-state index is 0.223. The van der Waals surface area contributed by atoms with Crippen molar-refractivity contribution in [1.82, 2.24) is 10.3 Å². The highest BCUT2D eigenvalue weighted by Gasteiger charge is 2.10. The molecular formula is C17H29BrN2O. The van der Waals surface area contributed by atoms with Gasteiger partial charge in [0.25, 0.3) is 0 Å². The fraction of sp³-hybridized carbons (Fsp3) is 0.706. The number of nitrogens with zero attached hydrogens (tertiary/aromatic N) is 1. The summed E-state index contributed by atoms with van der Waals surface area (Å²) in [5.41, 5.74) is 1.12. The monoisotopic (exact) mass is 356 g/mol. The largest absolute Gasteiger partial charge is 0.474 e. The molecule has 21 heavy (non-hydrogen) atoms. The van der Waals surface area contributed by atoms with Crippen molar-refractivity contribution in [3.63, 3.8) is 0 Å². The first-order chi connectivity index (χ1) is 10.2. The lowest BCUT2D eigenvalue weighted by Crippen LogP contribution is -2.18. The van der Waals surface area contributed by atoms with E-state index < -0.39 is 0 Å².